The van der Waals surface area contributed by atoms with Gasteiger partial charge in [0.05, 0.1) is 12.0 Å². The third-order valence-electron chi connectivity index (χ3n) is 4.63. The number of nitro groups is 1. The number of hydrogen-bond donors (Lipinski definition) is 0. The fraction of sp³-hybridized carbons (Fsp3) is 0.263. The smallest absolute Gasteiger partial charge is 0.269 e. The zero-order chi connectivity index (χ0) is 19.6. The SMILES string of the molecule is COc1ccc(C(=O)N2CCN(c3ccc([N+](=O)[O-])cc3)C(=O)[C@@H]2C)cc1. The van der Waals surface area contributed by atoms with Crippen molar-refractivity contribution in [3.63, 3.8) is 0 Å². The molecule has 1 heterocycles. The minimum Gasteiger partial charge on any atom is -0.497 e. The van der Waals surface area contributed by atoms with Crippen LogP contribution in [0, 0.1) is 10.1 Å². The van der Waals surface area contributed by atoms with E-state index in [2.05, 4.69) is 0 Å². The summed E-state index contributed by atoms with van der Waals surface area (Å²) in [6, 6.07) is 11.9. The molecule has 0 radical (unpaired) electrons. The Bertz CT molecular complexity index is 864. The zero-order valence-corrected chi connectivity index (χ0v) is 15.0. The summed E-state index contributed by atoms with van der Waals surface area (Å²) in [5.41, 5.74) is 1.03. The van der Waals surface area contributed by atoms with E-state index in [0.29, 0.717) is 30.1 Å². The Labute approximate surface area is 156 Å². The quantitative estimate of drug-likeness (QED) is 0.610. The van der Waals surface area contributed by atoms with E-state index in [1.165, 1.54) is 17.0 Å². The summed E-state index contributed by atoms with van der Waals surface area (Å²) < 4.78 is 5.09. The van der Waals surface area contributed by atoms with Crippen molar-refractivity contribution >= 4 is 23.2 Å². The molecule has 1 saturated heterocycles. The highest BCUT2D eigenvalue weighted by Gasteiger charge is 2.35. The van der Waals surface area contributed by atoms with Gasteiger partial charge in [0.25, 0.3) is 11.6 Å². The second-order valence-electron chi connectivity index (χ2n) is 6.17. The van der Waals surface area contributed by atoms with Gasteiger partial charge >= 0.3 is 0 Å². The average Bonchev–Trinajstić information content (AvgIpc) is 2.69. The van der Waals surface area contributed by atoms with Crippen LogP contribution in [0.1, 0.15) is 17.3 Å². The lowest BCUT2D eigenvalue weighted by Crippen LogP contribution is -2.57. The summed E-state index contributed by atoms with van der Waals surface area (Å²) in [6.07, 6.45) is 0. The Balaban J connectivity index is 1.75. The maximum absolute atomic E-state index is 12.8. The van der Waals surface area contributed by atoms with E-state index in [9.17, 15) is 19.7 Å². The molecule has 0 unspecified atom stereocenters. The number of hydrogen-bond acceptors (Lipinski definition) is 5. The van der Waals surface area contributed by atoms with E-state index in [-0.39, 0.29) is 17.5 Å². The Morgan fingerprint density at radius 3 is 2.30 bits per heavy atom. The van der Waals surface area contributed by atoms with Crippen molar-refractivity contribution in [2.24, 2.45) is 0 Å². The third kappa shape index (κ3) is 3.59. The molecular formula is C19H19N3O5. The lowest BCUT2D eigenvalue weighted by molar-refractivity contribution is -0.384. The number of benzene rings is 2. The molecule has 1 atom stereocenters. The van der Waals surface area contributed by atoms with Crippen molar-refractivity contribution in [2.45, 2.75) is 13.0 Å². The molecule has 0 aromatic heterocycles. The van der Waals surface area contributed by atoms with E-state index in [4.69, 9.17) is 4.74 Å². The number of non-ortho nitro benzene ring substituents is 1. The predicted octanol–water partition coefficient (Wildman–Crippen LogP) is 2.48. The number of amides is 2. The molecule has 0 saturated carbocycles. The van der Waals surface area contributed by atoms with Gasteiger partial charge in [-0.05, 0) is 43.3 Å². The monoisotopic (exact) mass is 369 g/mol. The van der Waals surface area contributed by atoms with Crippen molar-refractivity contribution in [1.82, 2.24) is 4.90 Å². The molecule has 1 fully saturated rings. The van der Waals surface area contributed by atoms with E-state index in [0.717, 1.165) is 0 Å². The highest BCUT2D eigenvalue weighted by atomic mass is 16.6. The maximum atomic E-state index is 12.8. The van der Waals surface area contributed by atoms with Crippen molar-refractivity contribution in [1.29, 1.82) is 0 Å². The molecular weight excluding hydrogens is 350 g/mol. The normalized spacial score (nSPS) is 17.0. The van der Waals surface area contributed by atoms with Gasteiger partial charge in [-0.3, -0.25) is 19.7 Å². The van der Waals surface area contributed by atoms with Crippen LogP contribution in [-0.2, 0) is 4.79 Å². The predicted molar refractivity (Wildman–Crippen MR) is 98.9 cm³/mol. The Hall–Kier alpha value is -3.42. The first-order chi connectivity index (χ1) is 12.9. The molecule has 140 valence electrons. The lowest BCUT2D eigenvalue weighted by atomic mass is 10.1. The van der Waals surface area contributed by atoms with E-state index >= 15 is 0 Å². The van der Waals surface area contributed by atoms with Crippen LogP contribution in [0.4, 0.5) is 11.4 Å². The van der Waals surface area contributed by atoms with Crippen LogP contribution in [0.25, 0.3) is 0 Å². The molecule has 2 aromatic rings. The van der Waals surface area contributed by atoms with Gasteiger partial charge in [-0.2, -0.15) is 0 Å². The largest absolute Gasteiger partial charge is 0.497 e. The van der Waals surface area contributed by atoms with Gasteiger partial charge < -0.3 is 14.5 Å². The second-order valence-corrected chi connectivity index (χ2v) is 6.17. The zero-order valence-electron chi connectivity index (χ0n) is 15.0. The fourth-order valence-corrected chi connectivity index (χ4v) is 3.06. The number of carbonyl (C=O) groups is 2. The van der Waals surface area contributed by atoms with Gasteiger partial charge in [0.15, 0.2) is 0 Å². The minimum absolute atomic E-state index is 0.0347. The van der Waals surface area contributed by atoms with Gasteiger partial charge in [0, 0.05) is 36.5 Å². The molecule has 0 N–H and O–H groups in total. The first-order valence-electron chi connectivity index (χ1n) is 8.43. The third-order valence-corrected chi connectivity index (χ3v) is 4.63. The van der Waals surface area contributed by atoms with E-state index < -0.39 is 11.0 Å². The summed E-state index contributed by atoms with van der Waals surface area (Å²) in [5.74, 6) is 0.206. The molecule has 0 aliphatic carbocycles. The number of carbonyl (C=O) groups excluding carboxylic acids is 2. The molecule has 0 bridgehead atoms. The number of rotatable bonds is 4. The molecule has 2 amide bonds. The number of nitro benzene ring substituents is 1. The van der Waals surface area contributed by atoms with Crippen LogP contribution in [0.3, 0.4) is 0 Å². The Morgan fingerprint density at radius 1 is 1.11 bits per heavy atom. The molecule has 27 heavy (non-hydrogen) atoms. The Kier molecular flexibility index (Phi) is 5.07. The molecule has 1 aliphatic rings. The van der Waals surface area contributed by atoms with Crippen molar-refractivity contribution in [2.75, 3.05) is 25.1 Å². The van der Waals surface area contributed by atoms with Gasteiger partial charge in [-0.15, -0.1) is 0 Å². The number of anilines is 1. The standard InChI is InChI=1S/C19H19N3O5/c1-13-18(23)21(15-5-7-16(8-6-15)22(25)26)12-11-20(13)19(24)14-3-9-17(27-2)10-4-14/h3-10,13H,11-12H2,1-2H3/t13-/m0/s1. The van der Waals surface area contributed by atoms with Gasteiger partial charge in [0.1, 0.15) is 11.8 Å². The number of methoxy groups -OCH3 is 1. The first kappa shape index (κ1) is 18.4. The van der Waals surface area contributed by atoms with Crippen LogP contribution >= 0.6 is 0 Å². The van der Waals surface area contributed by atoms with Crippen molar-refractivity contribution < 1.29 is 19.2 Å². The Morgan fingerprint density at radius 2 is 1.74 bits per heavy atom. The van der Waals surface area contributed by atoms with Crippen LogP contribution < -0.4 is 9.64 Å². The number of piperazine rings is 1. The molecule has 2 aromatic carbocycles. The van der Waals surface area contributed by atoms with Crippen molar-refractivity contribution in [3.05, 3.63) is 64.2 Å². The van der Waals surface area contributed by atoms with E-state index in [1.54, 1.807) is 55.3 Å². The molecule has 8 nitrogen and oxygen atoms in total. The van der Waals surface area contributed by atoms with Gasteiger partial charge in [0.2, 0.25) is 5.91 Å². The highest BCUT2D eigenvalue weighted by molar-refractivity contribution is 6.03. The maximum Gasteiger partial charge on any atom is 0.269 e. The van der Waals surface area contributed by atoms with Gasteiger partial charge in [-0.25, -0.2) is 0 Å². The fourth-order valence-electron chi connectivity index (χ4n) is 3.06. The summed E-state index contributed by atoms with van der Waals surface area (Å²) >= 11 is 0. The summed E-state index contributed by atoms with van der Waals surface area (Å²) in [7, 11) is 1.55. The second kappa shape index (κ2) is 7.45. The van der Waals surface area contributed by atoms with Crippen LogP contribution in [-0.4, -0.2) is 47.9 Å². The molecule has 1 aliphatic heterocycles. The summed E-state index contributed by atoms with van der Waals surface area (Å²) in [6.45, 7) is 2.37. The van der Waals surface area contributed by atoms with Crippen LogP contribution in [0.5, 0.6) is 5.75 Å². The highest BCUT2D eigenvalue weighted by Crippen LogP contribution is 2.24. The molecule has 8 heteroatoms. The molecule has 0 spiro atoms. The number of ether oxygens (including phenoxy) is 1. The molecule has 3 rings (SSSR count). The lowest BCUT2D eigenvalue weighted by Gasteiger charge is -2.39. The topological polar surface area (TPSA) is 93.0 Å². The summed E-state index contributed by atoms with van der Waals surface area (Å²) in [4.78, 5) is 38.9. The van der Waals surface area contributed by atoms with Gasteiger partial charge in [-0.1, -0.05) is 0 Å². The van der Waals surface area contributed by atoms with E-state index in [1.807, 2.05) is 0 Å². The van der Waals surface area contributed by atoms with Crippen LogP contribution in [0.2, 0.25) is 0 Å². The summed E-state index contributed by atoms with van der Waals surface area (Å²) in [5, 5.41) is 10.8. The first-order valence-corrected chi connectivity index (χ1v) is 8.43. The average molecular weight is 369 g/mol. The number of nitrogens with zero attached hydrogens (tertiary/aromatic N) is 3. The minimum atomic E-state index is -0.636. The van der Waals surface area contributed by atoms with Crippen LogP contribution in [0.15, 0.2) is 48.5 Å². The van der Waals surface area contributed by atoms with Crippen molar-refractivity contribution in [3.8, 4) is 5.75 Å².